The molecule has 2 heterocycles. The lowest BCUT2D eigenvalue weighted by atomic mass is 10.0. The second-order valence-electron chi connectivity index (χ2n) is 3.85. The molecule has 0 radical (unpaired) electrons. The first-order valence-electron chi connectivity index (χ1n) is 4.83. The molecule has 1 aliphatic heterocycles. The highest BCUT2D eigenvalue weighted by atomic mass is 16.5. The molecule has 3 heteroatoms. The van der Waals surface area contributed by atoms with Gasteiger partial charge in [0, 0.05) is 24.4 Å². The second-order valence-corrected chi connectivity index (χ2v) is 3.85. The van der Waals surface area contributed by atoms with Crippen molar-refractivity contribution in [2.24, 2.45) is 0 Å². The molecule has 0 saturated heterocycles. The minimum Gasteiger partial charge on any atom is -0.632 e. The minimum absolute atomic E-state index is 0.0857. The molecule has 2 rings (SSSR count). The molecule has 74 valence electrons. The number of likely N-dealkylation sites (N-methyl/N-ethyl adjacent to an activating group) is 1. The molecule has 2 unspecified atom stereocenters. The van der Waals surface area contributed by atoms with Crippen molar-refractivity contribution in [1.29, 1.82) is 0 Å². The summed E-state index contributed by atoms with van der Waals surface area (Å²) in [5.74, 6) is 0. The predicted molar refractivity (Wildman–Crippen MR) is 55.2 cm³/mol. The maximum atomic E-state index is 12.1. The van der Waals surface area contributed by atoms with E-state index in [-0.39, 0.29) is 10.7 Å². The maximum Gasteiger partial charge on any atom is 0.134 e. The van der Waals surface area contributed by atoms with Crippen LogP contribution >= 0.6 is 0 Å². The van der Waals surface area contributed by atoms with Crippen LogP contribution in [-0.2, 0) is 0 Å². The van der Waals surface area contributed by atoms with Crippen LogP contribution in [0.2, 0.25) is 0 Å². The molecule has 0 N–H and O–H groups in total. The van der Waals surface area contributed by atoms with Crippen LogP contribution in [0.25, 0.3) is 0 Å². The zero-order chi connectivity index (χ0) is 10.0. The molecule has 0 saturated carbocycles. The number of nitrogens with zero attached hydrogens (tertiary/aromatic N) is 2. The topological polar surface area (TPSA) is 36.0 Å². The lowest BCUT2D eigenvalue weighted by molar-refractivity contribution is -0.886. The van der Waals surface area contributed by atoms with Crippen molar-refractivity contribution in [3.63, 3.8) is 0 Å². The van der Waals surface area contributed by atoms with E-state index in [1.54, 1.807) is 19.4 Å². The van der Waals surface area contributed by atoms with E-state index < -0.39 is 0 Å². The molecule has 1 aliphatic rings. The molecule has 0 fully saturated rings. The summed E-state index contributed by atoms with van der Waals surface area (Å²) in [6.45, 7) is 0.649. The van der Waals surface area contributed by atoms with Crippen molar-refractivity contribution in [3.8, 4) is 0 Å². The van der Waals surface area contributed by atoms with E-state index in [1.165, 1.54) is 0 Å². The van der Waals surface area contributed by atoms with Gasteiger partial charge < -0.3 is 9.85 Å². The molecule has 0 spiro atoms. The van der Waals surface area contributed by atoms with Gasteiger partial charge in [-0.15, -0.1) is 0 Å². The second kappa shape index (κ2) is 3.52. The lowest BCUT2D eigenvalue weighted by Crippen LogP contribution is -2.42. The third-order valence-corrected chi connectivity index (χ3v) is 2.67. The SMILES string of the molecule is C[N+]1([O-])CCC=CC1c1cccnc1. The third-order valence-electron chi connectivity index (χ3n) is 2.67. The fourth-order valence-corrected chi connectivity index (χ4v) is 1.85. The van der Waals surface area contributed by atoms with Crippen LogP contribution < -0.4 is 0 Å². The molecular formula is C11H14N2O. The standard InChI is InChI=1S/C11H14N2O/c1-13(14)8-3-2-6-11(13)10-5-4-7-12-9-10/h2,4-7,9,11H,3,8H2,1H3. The minimum atomic E-state index is -0.220. The molecule has 1 aromatic rings. The Kier molecular flexibility index (Phi) is 2.35. The molecule has 2 atom stereocenters. The van der Waals surface area contributed by atoms with Crippen molar-refractivity contribution in [2.75, 3.05) is 13.6 Å². The smallest absolute Gasteiger partial charge is 0.134 e. The van der Waals surface area contributed by atoms with Crippen LogP contribution in [0.4, 0.5) is 0 Å². The van der Waals surface area contributed by atoms with Crippen LogP contribution in [0.1, 0.15) is 18.0 Å². The Morgan fingerprint density at radius 2 is 2.43 bits per heavy atom. The third kappa shape index (κ3) is 1.69. The summed E-state index contributed by atoms with van der Waals surface area (Å²) in [5, 5.41) is 12.1. The first-order valence-corrected chi connectivity index (χ1v) is 4.83. The van der Waals surface area contributed by atoms with Crippen molar-refractivity contribution in [3.05, 3.63) is 47.4 Å². The Bertz CT molecular complexity index is 332. The first-order chi connectivity index (χ1) is 6.70. The molecule has 14 heavy (non-hydrogen) atoms. The van der Waals surface area contributed by atoms with E-state index in [9.17, 15) is 5.21 Å². The van der Waals surface area contributed by atoms with Crippen molar-refractivity contribution in [2.45, 2.75) is 12.5 Å². The summed E-state index contributed by atoms with van der Waals surface area (Å²) in [5.41, 5.74) is 1.00. The van der Waals surface area contributed by atoms with Crippen LogP contribution in [0.15, 0.2) is 36.7 Å². The molecular weight excluding hydrogens is 176 g/mol. The van der Waals surface area contributed by atoms with E-state index >= 15 is 0 Å². The summed E-state index contributed by atoms with van der Waals surface area (Å²) in [4.78, 5) is 4.04. The van der Waals surface area contributed by atoms with Gasteiger partial charge in [0.25, 0.3) is 0 Å². The molecule has 0 bridgehead atoms. The summed E-state index contributed by atoms with van der Waals surface area (Å²) in [6, 6.07) is 3.75. The summed E-state index contributed by atoms with van der Waals surface area (Å²) in [7, 11) is 1.72. The van der Waals surface area contributed by atoms with E-state index in [0.717, 1.165) is 12.0 Å². The highest BCUT2D eigenvalue weighted by Crippen LogP contribution is 2.30. The predicted octanol–water partition coefficient (Wildman–Crippen LogP) is 2.03. The number of quaternary nitrogens is 1. The average Bonchev–Trinajstić information content (AvgIpc) is 2.18. The number of hydroxylamine groups is 3. The highest BCUT2D eigenvalue weighted by Gasteiger charge is 2.25. The average molecular weight is 190 g/mol. The van der Waals surface area contributed by atoms with Gasteiger partial charge in [0.1, 0.15) is 6.04 Å². The van der Waals surface area contributed by atoms with E-state index in [4.69, 9.17) is 0 Å². The number of hydrogen-bond acceptors (Lipinski definition) is 2. The maximum absolute atomic E-state index is 12.1. The number of pyridine rings is 1. The Morgan fingerprint density at radius 3 is 3.07 bits per heavy atom. The van der Waals surface area contributed by atoms with Gasteiger partial charge in [0.15, 0.2) is 0 Å². The van der Waals surface area contributed by atoms with Gasteiger partial charge in [-0.2, -0.15) is 0 Å². The van der Waals surface area contributed by atoms with Gasteiger partial charge >= 0.3 is 0 Å². The molecule has 1 aromatic heterocycles. The van der Waals surface area contributed by atoms with Crippen LogP contribution in [0.3, 0.4) is 0 Å². The first kappa shape index (κ1) is 9.37. The van der Waals surface area contributed by atoms with Crippen molar-refractivity contribution < 1.29 is 4.65 Å². The van der Waals surface area contributed by atoms with E-state index in [0.29, 0.717) is 6.54 Å². The van der Waals surface area contributed by atoms with Gasteiger partial charge in [-0.25, -0.2) is 0 Å². The lowest BCUT2D eigenvalue weighted by Gasteiger charge is -2.46. The van der Waals surface area contributed by atoms with E-state index in [1.807, 2.05) is 18.2 Å². The van der Waals surface area contributed by atoms with Crippen LogP contribution in [0.5, 0.6) is 0 Å². The zero-order valence-electron chi connectivity index (χ0n) is 8.26. The molecule has 0 aromatic carbocycles. The quantitative estimate of drug-likeness (QED) is 0.386. The highest BCUT2D eigenvalue weighted by molar-refractivity contribution is 5.18. The van der Waals surface area contributed by atoms with Gasteiger partial charge in [-0.05, 0) is 18.2 Å². The van der Waals surface area contributed by atoms with Gasteiger partial charge in [0.05, 0.1) is 13.6 Å². The number of aromatic nitrogens is 1. The number of rotatable bonds is 1. The number of hydrogen-bond donors (Lipinski definition) is 0. The normalized spacial score (nSPS) is 31.7. The monoisotopic (exact) mass is 190 g/mol. The van der Waals surface area contributed by atoms with Gasteiger partial charge in [-0.1, -0.05) is 6.08 Å². The Labute approximate surface area is 83.9 Å². The van der Waals surface area contributed by atoms with Crippen molar-refractivity contribution in [1.82, 2.24) is 4.98 Å². The van der Waals surface area contributed by atoms with Crippen LogP contribution in [-0.4, -0.2) is 23.2 Å². The molecule has 3 nitrogen and oxygen atoms in total. The van der Waals surface area contributed by atoms with Gasteiger partial charge in [-0.3, -0.25) is 4.98 Å². The largest absolute Gasteiger partial charge is 0.632 e. The summed E-state index contributed by atoms with van der Waals surface area (Å²) < 4.78 is -0.220. The fraction of sp³-hybridized carbons (Fsp3) is 0.364. The Balaban J connectivity index is 2.33. The molecule has 0 amide bonds. The fourth-order valence-electron chi connectivity index (χ4n) is 1.85. The summed E-state index contributed by atoms with van der Waals surface area (Å²) in [6.07, 6.45) is 8.44. The zero-order valence-corrected chi connectivity index (χ0v) is 8.26. The Morgan fingerprint density at radius 1 is 1.57 bits per heavy atom. The molecule has 0 aliphatic carbocycles. The van der Waals surface area contributed by atoms with Crippen molar-refractivity contribution >= 4 is 0 Å². The van der Waals surface area contributed by atoms with E-state index in [2.05, 4.69) is 11.1 Å². The van der Waals surface area contributed by atoms with Gasteiger partial charge in [0.2, 0.25) is 0 Å². The Hall–Kier alpha value is -1.19. The summed E-state index contributed by atoms with van der Waals surface area (Å²) >= 11 is 0. The van der Waals surface area contributed by atoms with Crippen LogP contribution in [0, 0.1) is 5.21 Å².